The molecular formula is C114H108Cl4N4O20. The highest BCUT2D eigenvalue weighted by molar-refractivity contribution is 6.33. The maximum absolute atomic E-state index is 11.7. The van der Waals surface area contributed by atoms with E-state index in [4.69, 9.17) is 103 Å². The van der Waals surface area contributed by atoms with E-state index in [1.165, 1.54) is 0 Å². The molecule has 12 aromatic carbocycles. The lowest BCUT2D eigenvalue weighted by molar-refractivity contribution is -0.146. The standard InChI is InChI=1S/2C29H28ClNO5.2C28H26ClNO5/c1-19(2)15-26(29(32)33)36-28-22(9-6-11-24(28)30)18-34-23-10-5-7-20(16-23)17-35-27-14-13-21-8-3-4-12-25(21)31-27;1-19(2)16-27(29(32)33)36-28-21(7-5-8-25(28)30)17-34-23-12-14-24(15-13-23)35-18-22-11-10-20-6-3-4-9-26(20)31-22;1-2-7-26(28(31)32)35-27-20(9-5-12-24(27)29)17-33-22-10-6-11-23(16-22)34-18-21-15-14-19-8-3-4-13-25(19)30-21;1-2-6-26(28(31)32)35-27-20(8-5-9-24(27)29)17-33-22-13-15-23(16-14-22)34-18-21-12-11-19-7-3-4-10-25(19)30-21/h3-14,16,19,26H,15,17-18H2,1-2H3,(H,32,33);3-15,19,27H,16-18H2,1-2H3,(H,32,33);3-6,8-16,26H,2,7,17-18H2,1H3,(H,31,32);3-5,7-16,26H,2,6,17-18H2,1H3,(H,31,32). The Labute approximate surface area is 843 Å². The first-order valence-corrected chi connectivity index (χ1v) is 47.8. The molecule has 0 aliphatic heterocycles. The molecule has 4 atom stereocenters. The summed E-state index contributed by atoms with van der Waals surface area (Å²) in [4.78, 5) is 64.8. The van der Waals surface area contributed by atoms with E-state index < -0.39 is 48.3 Å². The summed E-state index contributed by atoms with van der Waals surface area (Å²) in [6.45, 7) is 13.6. The number of aliphatic carboxylic acids is 4. The Hall–Kier alpha value is -15.1. The molecule has 16 rings (SSSR count). The Morgan fingerprint density at radius 1 is 0.268 bits per heavy atom. The van der Waals surface area contributed by atoms with E-state index in [2.05, 4.69) is 19.9 Å². The zero-order valence-corrected chi connectivity index (χ0v) is 82.0. The lowest BCUT2D eigenvalue weighted by atomic mass is 10.1. The van der Waals surface area contributed by atoms with Crippen molar-refractivity contribution >= 4 is 114 Å². The molecule has 0 amide bonds. The monoisotopic (exact) mass is 1990 g/mol. The molecular weight excluding hydrogens is 1890 g/mol. The predicted molar refractivity (Wildman–Crippen MR) is 550 cm³/mol. The minimum absolute atomic E-state index is 0.156. The maximum atomic E-state index is 11.7. The van der Waals surface area contributed by atoms with Crippen LogP contribution in [-0.4, -0.2) is 88.7 Å². The summed E-state index contributed by atoms with van der Waals surface area (Å²) in [6.07, 6.45) is -1.06. The molecule has 4 unspecified atom stereocenters. The molecule has 0 aliphatic carbocycles. The van der Waals surface area contributed by atoms with Gasteiger partial charge in [-0.3, -0.25) is 0 Å². The molecule has 4 N–H and O–H groups in total. The number of nitrogens with zero attached hydrogens (tertiary/aromatic N) is 4. The van der Waals surface area contributed by atoms with Crippen LogP contribution >= 0.6 is 46.4 Å². The van der Waals surface area contributed by atoms with Crippen LogP contribution in [0.25, 0.3) is 43.6 Å². The first-order chi connectivity index (χ1) is 68.8. The average molecular weight is 2000 g/mol. The fraction of sp³-hybridized carbons (Fsp3) is 0.228. The second-order valence-corrected chi connectivity index (χ2v) is 35.4. The van der Waals surface area contributed by atoms with Gasteiger partial charge in [-0.05, 0) is 189 Å². The van der Waals surface area contributed by atoms with Crippen LogP contribution in [0.3, 0.4) is 0 Å². The van der Waals surface area contributed by atoms with Crippen molar-refractivity contribution in [2.45, 2.75) is 157 Å². The van der Waals surface area contributed by atoms with Crippen molar-refractivity contribution in [1.82, 2.24) is 19.9 Å². The van der Waals surface area contributed by atoms with Crippen molar-refractivity contribution in [1.29, 1.82) is 0 Å². The van der Waals surface area contributed by atoms with E-state index in [0.29, 0.717) is 176 Å². The van der Waals surface area contributed by atoms with Gasteiger partial charge in [-0.25, -0.2) is 39.1 Å². The Morgan fingerprint density at radius 3 is 0.866 bits per heavy atom. The topological polar surface area (TPSA) is 312 Å². The highest BCUT2D eigenvalue weighted by Gasteiger charge is 2.28. The van der Waals surface area contributed by atoms with Gasteiger partial charge >= 0.3 is 23.9 Å². The van der Waals surface area contributed by atoms with Gasteiger partial charge in [-0.2, -0.15) is 0 Å². The molecule has 16 aromatic rings. The third-order valence-electron chi connectivity index (χ3n) is 21.8. The second-order valence-electron chi connectivity index (χ2n) is 33.7. The Bertz CT molecular complexity index is 6900. The fourth-order valence-electron chi connectivity index (χ4n) is 14.6. The van der Waals surface area contributed by atoms with Gasteiger partial charge in [0.2, 0.25) is 5.88 Å². The van der Waals surface area contributed by atoms with Crippen LogP contribution in [0.4, 0.5) is 0 Å². The number of ether oxygens (including phenoxy) is 12. The summed E-state index contributed by atoms with van der Waals surface area (Å²) in [5.74, 6) is 2.64. The molecule has 4 aromatic heterocycles. The predicted octanol–water partition coefficient (Wildman–Crippen LogP) is 27.2. The normalized spacial score (nSPS) is 11.8. The first-order valence-electron chi connectivity index (χ1n) is 46.3. The number of fused-ring (bicyclic) bond motifs is 4. The molecule has 0 spiro atoms. The van der Waals surface area contributed by atoms with Gasteiger partial charge in [-0.15, -0.1) is 0 Å². The highest BCUT2D eigenvalue weighted by atomic mass is 35.5. The van der Waals surface area contributed by atoms with Gasteiger partial charge in [0.25, 0.3) is 0 Å². The number of carboxylic acid groups (broad SMARTS) is 4. The van der Waals surface area contributed by atoms with E-state index >= 15 is 0 Å². The van der Waals surface area contributed by atoms with Gasteiger partial charge in [0.05, 0.1) is 59.2 Å². The molecule has 142 heavy (non-hydrogen) atoms. The summed E-state index contributed by atoms with van der Waals surface area (Å²) in [5, 5.41) is 43.7. The number of hydrogen-bond donors (Lipinski definition) is 4. The molecule has 0 fully saturated rings. The quantitative estimate of drug-likeness (QED) is 0.0276. The summed E-state index contributed by atoms with van der Waals surface area (Å²) in [6, 6.07) is 98.0. The summed E-state index contributed by atoms with van der Waals surface area (Å²) in [7, 11) is 0. The SMILES string of the molecule is CC(C)CC(Oc1c(Cl)cccc1COc1ccc(OCc2ccc3ccccc3n2)cc1)C(=O)O.CC(C)CC(Oc1c(Cl)cccc1COc1cccc(COc2ccc3ccccc3n2)c1)C(=O)O.CCCC(Oc1c(Cl)cccc1COc1ccc(OCc2ccc3ccccc3n2)cc1)C(=O)O.CCCC(Oc1c(Cl)cccc1COc1cccc(OCc2ccc3ccccc3n2)c1)C(=O)O. The molecule has 0 bridgehead atoms. The number of pyridine rings is 4. The van der Waals surface area contributed by atoms with E-state index in [1.807, 2.05) is 290 Å². The largest absolute Gasteiger partial charge is 0.489 e. The lowest BCUT2D eigenvalue weighted by Crippen LogP contribution is -2.29. The third kappa shape index (κ3) is 31.5. The second kappa shape index (κ2) is 52.8. The highest BCUT2D eigenvalue weighted by Crippen LogP contribution is 2.38. The smallest absolute Gasteiger partial charge is 0.344 e. The van der Waals surface area contributed by atoms with Crippen LogP contribution in [0.15, 0.2) is 315 Å². The van der Waals surface area contributed by atoms with Crippen LogP contribution in [0.2, 0.25) is 20.1 Å². The van der Waals surface area contributed by atoms with Crippen molar-refractivity contribution < 1.29 is 96.4 Å². The molecule has 0 aliphatic rings. The Kier molecular flexibility index (Phi) is 38.8. The zero-order chi connectivity index (χ0) is 100. The number of carbonyl (C=O) groups is 4. The van der Waals surface area contributed by atoms with Crippen LogP contribution < -0.4 is 56.8 Å². The fourth-order valence-corrected chi connectivity index (χ4v) is 15.6. The van der Waals surface area contributed by atoms with E-state index in [0.717, 1.165) is 66.3 Å². The number of aromatic nitrogens is 4. The number of rotatable bonds is 44. The third-order valence-corrected chi connectivity index (χ3v) is 23.0. The van der Waals surface area contributed by atoms with Crippen molar-refractivity contribution in [3.05, 3.63) is 380 Å². The van der Waals surface area contributed by atoms with Crippen LogP contribution in [0.1, 0.15) is 125 Å². The molecule has 0 radical (unpaired) electrons. The van der Waals surface area contributed by atoms with Crippen molar-refractivity contribution in [2.24, 2.45) is 11.8 Å². The van der Waals surface area contributed by atoms with Gasteiger partial charge in [-0.1, -0.05) is 259 Å². The van der Waals surface area contributed by atoms with Crippen molar-refractivity contribution in [3.63, 3.8) is 0 Å². The average Bonchev–Trinajstić information content (AvgIpc) is 0.848. The van der Waals surface area contributed by atoms with E-state index in [9.17, 15) is 39.6 Å². The molecule has 732 valence electrons. The van der Waals surface area contributed by atoms with Crippen molar-refractivity contribution in [2.75, 3.05) is 0 Å². The molecule has 0 saturated carbocycles. The molecule has 4 heterocycles. The van der Waals surface area contributed by atoms with E-state index in [1.54, 1.807) is 66.7 Å². The van der Waals surface area contributed by atoms with Crippen LogP contribution in [0, 0.1) is 11.8 Å². The Balaban J connectivity index is 0.000000159. The van der Waals surface area contributed by atoms with Crippen LogP contribution in [0.5, 0.6) is 69.1 Å². The zero-order valence-electron chi connectivity index (χ0n) is 79.0. The van der Waals surface area contributed by atoms with Crippen LogP contribution in [-0.2, 0) is 72.0 Å². The first kappa shape index (κ1) is 104. The van der Waals surface area contributed by atoms with Gasteiger partial charge < -0.3 is 77.3 Å². The van der Waals surface area contributed by atoms with Gasteiger partial charge in [0.1, 0.15) is 116 Å². The van der Waals surface area contributed by atoms with Crippen molar-refractivity contribution in [3.8, 4) is 69.1 Å². The van der Waals surface area contributed by atoms with Gasteiger partial charge in [0.15, 0.2) is 24.4 Å². The number of benzene rings is 12. The number of hydrogen-bond acceptors (Lipinski definition) is 20. The lowest BCUT2D eigenvalue weighted by Gasteiger charge is -2.20. The number of halogens is 4. The summed E-state index contributed by atoms with van der Waals surface area (Å²) < 4.78 is 70.5. The molecule has 0 saturated heterocycles. The van der Waals surface area contributed by atoms with E-state index in [-0.39, 0.29) is 38.3 Å². The minimum Gasteiger partial charge on any atom is -0.489 e. The number of carboxylic acids is 4. The Morgan fingerprint density at radius 2 is 0.542 bits per heavy atom. The summed E-state index contributed by atoms with van der Waals surface area (Å²) in [5.41, 5.74) is 9.79. The molecule has 24 nitrogen and oxygen atoms in total. The summed E-state index contributed by atoms with van der Waals surface area (Å²) >= 11 is 25.3. The molecule has 28 heteroatoms. The minimum atomic E-state index is -1.02. The van der Waals surface area contributed by atoms with Gasteiger partial charge in [0, 0.05) is 55.9 Å². The maximum Gasteiger partial charge on any atom is 0.344 e. The number of para-hydroxylation sites is 8.